The van der Waals surface area contributed by atoms with Crippen LogP contribution in [0.2, 0.25) is 0 Å². The molecule has 0 unspecified atom stereocenters. The summed E-state index contributed by atoms with van der Waals surface area (Å²) in [6, 6.07) is 72.8. The van der Waals surface area contributed by atoms with Crippen molar-refractivity contribution in [1.82, 2.24) is 0 Å². The number of anilines is 6. The van der Waals surface area contributed by atoms with Crippen LogP contribution in [0, 0.1) is 13.8 Å². The molecule has 2 aliphatic carbocycles. The predicted molar refractivity (Wildman–Crippen MR) is 255 cm³/mol. The zero-order valence-electron chi connectivity index (χ0n) is 34.4. The van der Waals surface area contributed by atoms with E-state index in [4.69, 9.17) is 0 Å². The van der Waals surface area contributed by atoms with E-state index in [2.05, 4.69) is 218 Å². The van der Waals surface area contributed by atoms with Crippen molar-refractivity contribution in [1.29, 1.82) is 0 Å². The van der Waals surface area contributed by atoms with Gasteiger partial charge in [0.1, 0.15) is 0 Å². The summed E-state index contributed by atoms with van der Waals surface area (Å²) < 4.78 is 0. The molecular formula is C58H48N2. The maximum absolute atomic E-state index is 2.44. The summed E-state index contributed by atoms with van der Waals surface area (Å²) in [6.45, 7) is 4.32. The Bertz CT molecular complexity index is 2750. The van der Waals surface area contributed by atoms with Crippen LogP contribution < -0.4 is 9.80 Å². The largest absolute Gasteiger partial charge is 0.310 e. The molecule has 2 aliphatic rings. The van der Waals surface area contributed by atoms with Crippen LogP contribution in [0.4, 0.5) is 34.1 Å². The molecule has 11 rings (SSSR count). The summed E-state index contributed by atoms with van der Waals surface area (Å²) in [5.41, 5.74) is 17.2. The number of rotatable bonds is 10. The monoisotopic (exact) mass is 772 g/mol. The third kappa shape index (κ3) is 6.82. The lowest BCUT2D eigenvalue weighted by atomic mass is 9.85. The molecule has 0 aromatic heterocycles. The highest BCUT2D eigenvalue weighted by molar-refractivity contribution is 6.22. The minimum absolute atomic E-state index is 0.711. The van der Waals surface area contributed by atoms with Crippen molar-refractivity contribution >= 4 is 55.7 Å². The lowest BCUT2D eigenvalue weighted by molar-refractivity contribution is 1.13. The van der Waals surface area contributed by atoms with E-state index in [1.807, 2.05) is 0 Å². The molecule has 2 heteroatoms. The second-order valence-electron chi connectivity index (χ2n) is 17.0. The van der Waals surface area contributed by atoms with Crippen molar-refractivity contribution in [3.63, 3.8) is 0 Å². The molecule has 0 heterocycles. The Morgan fingerprint density at radius 1 is 0.317 bits per heavy atom. The molecule has 60 heavy (non-hydrogen) atoms. The molecule has 0 radical (unpaired) electrons. The topological polar surface area (TPSA) is 6.48 Å². The predicted octanol–water partition coefficient (Wildman–Crippen LogP) is 16.6. The lowest BCUT2D eigenvalue weighted by Crippen LogP contribution is -2.10. The van der Waals surface area contributed by atoms with Gasteiger partial charge in [-0.2, -0.15) is 0 Å². The van der Waals surface area contributed by atoms with Crippen LogP contribution in [0.15, 0.2) is 194 Å². The summed E-state index contributed by atoms with van der Waals surface area (Å²) >= 11 is 0. The van der Waals surface area contributed by atoms with Gasteiger partial charge < -0.3 is 9.80 Å². The first-order chi connectivity index (χ1) is 29.6. The van der Waals surface area contributed by atoms with E-state index < -0.39 is 0 Å². The fourth-order valence-corrected chi connectivity index (χ4v) is 9.22. The van der Waals surface area contributed by atoms with Gasteiger partial charge in [0.25, 0.3) is 0 Å². The number of nitrogens with zero attached hydrogens (tertiary/aromatic N) is 2. The van der Waals surface area contributed by atoms with Crippen LogP contribution in [0.25, 0.3) is 43.8 Å². The van der Waals surface area contributed by atoms with E-state index in [1.165, 1.54) is 103 Å². The molecule has 0 bridgehead atoms. The summed E-state index contributed by atoms with van der Waals surface area (Å²) in [5.74, 6) is 1.42. The standard InChI is InChI=1S/C58H48N2/c1-39-13-25-47(26-14-39)59(49-29-21-43(22-30-49)41-17-18-41)51-33-35-53-55(37-51)57(45-9-5-3-6-10-45)54-36-34-52(38-56(54)58(53)46-11-7-4-8-12-46)60(48-27-15-40(2)16-28-48)50-31-23-44(24-32-50)42-19-20-42/h3-16,21-38,41-42H,17-20H2,1-2H3. The molecule has 2 saturated carbocycles. The SMILES string of the molecule is Cc1ccc(N(c2ccc(C3CC3)cc2)c2ccc3c(-c4ccccc4)c4cc(N(c5ccc(C)cc5)c5ccc(C6CC6)cc5)ccc4c(-c4ccccc4)c3c2)cc1. The van der Waals surface area contributed by atoms with Crippen molar-refractivity contribution in [3.8, 4) is 22.3 Å². The van der Waals surface area contributed by atoms with Gasteiger partial charge in [0.2, 0.25) is 0 Å². The highest BCUT2D eigenvalue weighted by atomic mass is 15.1. The molecule has 2 nitrogen and oxygen atoms in total. The lowest BCUT2D eigenvalue weighted by Gasteiger charge is -2.28. The zero-order chi connectivity index (χ0) is 40.2. The molecular weight excluding hydrogens is 725 g/mol. The van der Waals surface area contributed by atoms with E-state index >= 15 is 0 Å². The van der Waals surface area contributed by atoms with Crippen LogP contribution in [0.1, 0.15) is 59.8 Å². The molecule has 9 aromatic carbocycles. The fourth-order valence-electron chi connectivity index (χ4n) is 9.22. The number of aryl methyl sites for hydroxylation is 2. The smallest absolute Gasteiger partial charge is 0.0468 e. The second kappa shape index (κ2) is 15.0. The molecule has 0 spiro atoms. The third-order valence-electron chi connectivity index (χ3n) is 12.7. The van der Waals surface area contributed by atoms with Crippen molar-refractivity contribution in [2.75, 3.05) is 9.80 Å². The van der Waals surface area contributed by atoms with Crippen LogP contribution in [0.3, 0.4) is 0 Å². The van der Waals surface area contributed by atoms with Crippen molar-refractivity contribution < 1.29 is 0 Å². The van der Waals surface area contributed by atoms with Crippen LogP contribution in [0.5, 0.6) is 0 Å². The van der Waals surface area contributed by atoms with E-state index in [0.29, 0.717) is 11.8 Å². The first-order valence-electron chi connectivity index (χ1n) is 21.6. The highest BCUT2D eigenvalue weighted by Gasteiger charge is 2.26. The van der Waals surface area contributed by atoms with Crippen LogP contribution >= 0.6 is 0 Å². The van der Waals surface area contributed by atoms with Gasteiger partial charge >= 0.3 is 0 Å². The van der Waals surface area contributed by atoms with E-state index in [0.717, 1.165) is 22.7 Å². The zero-order valence-corrected chi connectivity index (χ0v) is 34.4. The molecule has 290 valence electrons. The van der Waals surface area contributed by atoms with Gasteiger partial charge in [-0.25, -0.2) is 0 Å². The Kier molecular flexibility index (Phi) is 9.08. The first-order valence-corrected chi connectivity index (χ1v) is 21.6. The third-order valence-corrected chi connectivity index (χ3v) is 12.7. The van der Waals surface area contributed by atoms with Gasteiger partial charge in [-0.05, 0) is 179 Å². The maximum Gasteiger partial charge on any atom is 0.0468 e. The summed E-state index contributed by atoms with van der Waals surface area (Å²) in [7, 11) is 0. The van der Waals surface area contributed by atoms with Gasteiger partial charge in [-0.1, -0.05) is 132 Å². The number of benzene rings is 9. The quantitative estimate of drug-likeness (QED) is 0.128. The van der Waals surface area contributed by atoms with E-state index in [1.54, 1.807) is 0 Å². The molecule has 9 aromatic rings. The average Bonchev–Trinajstić information content (AvgIpc) is 4.24. The van der Waals surface area contributed by atoms with Crippen molar-refractivity contribution in [2.24, 2.45) is 0 Å². The first kappa shape index (κ1) is 36.2. The molecule has 0 amide bonds. The molecule has 2 fully saturated rings. The van der Waals surface area contributed by atoms with Crippen molar-refractivity contribution in [2.45, 2.75) is 51.4 Å². The summed E-state index contributed by atoms with van der Waals surface area (Å²) in [5, 5.41) is 4.93. The number of fused-ring (bicyclic) bond motifs is 2. The van der Waals surface area contributed by atoms with Gasteiger partial charge in [-0.15, -0.1) is 0 Å². The Labute approximate surface area is 354 Å². The number of hydrogen-bond donors (Lipinski definition) is 0. The maximum atomic E-state index is 2.44. The van der Waals surface area contributed by atoms with E-state index in [-0.39, 0.29) is 0 Å². The average molecular weight is 773 g/mol. The van der Waals surface area contributed by atoms with Crippen molar-refractivity contribution in [3.05, 3.63) is 216 Å². The number of hydrogen-bond acceptors (Lipinski definition) is 2. The molecule has 0 aliphatic heterocycles. The van der Waals surface area contributed by atoms with Gasteiger partial charge in [0.05, 0.1) is 0 Å². The molecule has 0 saturated heterocycles. The fraction of sp³-hybridized carbons (Fsp3) is 0.138. The Hall–Kier alpha value is -6.90. The van der Waals surface area contributed by atoms with Gasteiger partial charge in [0.15, 0.2) is 0 Å². The van der Waals surface area contributed by atoms with Gasteiger partial charge in [0, 0.05) is 34.1 Å². The minimum atomic E-state index is 0.711. The molecule has 0 atom stereocenters. The Morgan fingerprint density at radius 2 is 0.633 bits per heavy atom. The van der Waals surface area contributed by atoms with Crippen LogP contribution in [-0.4, -0.2) is 0 Å². The minimum Gasteiger partial charge on any atom is -0.310 e. The Balaban J connectivity index is 1.17. The summed E-state index contributed by atoms with van der Waals surface area (Å²) in [6.07, 6.45) is 5.18. The normalized spacial score (nSPS) is 13.8. The highest BCUT2D eigenvalue weighted by Crippen LogP contribution is 2.49. The Morgan fingerprint density at radius 3 is 0.967 bits per heavy atom. The summed E-state index contributed by atoms with van der Waals surface area (Å²) in [4.78, 5) is 4.85. The van der Waals surface area contributed by atoms with Crippen LogP contribution in [-0.2, 0) is 0 Å². The van der Waals surface area contributed by atoms with E-state index in [9.17, 15) is 0 Å². The second-order valence-corrected chi connectivity index (χ2v) is 17.0. The van der Waals surface area contributed by atoms with Gasteiger partial charge in [-0.3, -0.25) is 0 Å². The molecule has 0 N–H and O–H groups in total.